The molecule has 0 radical (unpaired) electrons. The first-order valence-electron chi connectivity index (χ1n) is 9.74. The van der Waals surface area contributed by atoms with E-state index in [9.17, 15) is 4.79 Å². The lowest BCUT2D eigenvalue weighted by atomic mass is 9.54. The highest BCUT2D eigenvalue weighted by Gasteiger charge is 2.48. The van der Waals surface area contributed by atoms with Crippen molar-refractivity contribution in [2.45, 2.75) is 43.3 Å². The number of benzene rings is 1. The number of aromatic nitrogens is 3. The van der Waals surface area contributed by atoms with E-state index in [2.05, 4.69) is 15.5 Å². The van der Waals surface area contributed by atoms with Crippen LogP contribution in [-0.4, -0.2) is 32.5 Å². The second-order valence-electron chi connectivity index (χ2n) is 8.28. The van der Waals surface area contributed by atoms with E-state index >= 15 is 0 Å². The minimum absolute atomic E-state index is 0.109. The van der Waals surface area contributed by atoms with Crippen molar-refractivity contribution in [1.29, 1.82) is 0 Å². The van der Waals surface area contributed by atoms with Crippen molar-refractivity contribution in [3.63, 3.8) is 0 Å². The summed E-state index contributed by atoms with van der Waals surface area (Å²) in [7, 11) is 0. The van der Waals surface area contributed by atoms with Crippen molar-refractivity contribution < 1.29 is 4.79 Å². The number of thioether (sulfide) groups is 1. The first-order valence-corrected chi connectivity index (χ1v) is 11.1. The third kappa shape index (κ3) is 3.49. The Hall–Kier alpha value is -1.53. The molecule has 1 aromatic heterocycles. The number of halogens is 1. The highest BCUT2D eigenvalue weighted by molar-refractivity contribution is 7.99. The monoisotopic (exact) mass is 402 g/mol. The van der Waals surface area contributed by atoms with Crippen LogP contribution in [0, 0.1) is 23.7 Å². The van der Waals surface area contributed by atoms with E-state index in [0.717, 1.165) is 17.5 Å². The van der Waals surface area contributed by atoms with Crippen LogP contribution in [-0.2, 0) is 4.79 Å². The van der Waals surface area contributed by atoms with Crippen molar-refractivity contribution in [1.82, 2.24) is 20.1 Å². The van der Waals surface area contributed by atoms with Gasteiger partial charge in [0.05, 0.1) is 11.4 Å². The molecule has 0 saturated heterocycles. The molecule has 0 aliphatic heterocycles. The topological polar surface area (TPSA) is 59.8 Å². The van der Waals surface area contributed by atoms with Crippen molar-refractivity contribution in [3.05, 3.63) is 35.6 Å². The summed E-state index contributed by atoms with van der Waals surface area (Å²) in [5.74, 6) is 3.72. The molecule has 1 N–H and O–H groups in total. The van der Waals surface area contributed by atoms with Crippen molar-refractivity contribution in [3.8, 4) is 5.69 Å². The number of nitrogens with one attached hydrogen (secondary N) is 1. The Morgan fingerprint density at radius 3 is 2.63 bits per heavy atom. The van der Waals surface area contributed by atoms with Gasteiger partial charge in [0.15, 0.2) is 5.16 Å². The first kappa shape index (κ1) is 17.6. The lowest BCUT2D eigenvalue weighted by Crippen LogP contribution is -2.56. The third-order valence-electron chi connectivity index (χ3n) is 6.49. The van der Waals surface area contributed by atoms with Crippen LogP contribution in [0.5, 0.6) is 0 Å². The van der Waals surface area contributed by atoms with E-state index in [4.69, 9.17) is 11.6 Å². The molecule has 6 rings (SSSR count). The molecule has 4 aliphatic rings. The number of hydrogen-bond donors (Lipinski definition) is 1. The van der Waals surface area contributed by atoms with Crippen molar-refractivity contribution >= 4 is 29.3 Å². The molecule has 0 atom stereocenters. The van der Waals surface area contributed by atoms with E-state index < -0.39 is 0 Å². The van der Waals surface area contributed by atoms with Crippen LogP contribution < -0.4 is 5.32 Å². The van der Waals surface area contributed by atoms with Crippen LogP contribution in [0.25, 0.3) is 5.69 Å². The van der Waals surface area contributed by atoms with Gasteiger partial charge < -0.3 is 5.32 Å². The van der Waals surface area contributed by atoms with Gasteiger partial charge in [0.1, 0.15) is 6.33 Å². The molecule has 2 aromatic rings. The normalized spacial score (nSPS) is 31.2. The number of amides is 1. The molecule has 0 unspecified atom stereocenters. The zero-order chi connectivity index (χ0) is 18.4. The Labute approximate surface area is 168 Å². The fourth-order valence-corrected chi connectivity index (χ4v) is 6.57. The molecule has 1 amide bonds. The average molecular weight is 403 g/mol. The summed E-state index contributed by atoms with van der Waals surface area (Å²) in [5, 5.41) is 12.9. The highest BCUT2D eigenvalue weighted by atomic mass is 35.5. The third-order valence-corrected chi connectivity index (χ3v) is 7.67. The summed E-state index contributed by atoms with van der Waals surface area (Å²) in [5.41, 5.74) is 0.899. The van der Waals surface area contributed by atoms with E-state index in [1.165, 1.54) is 43.9 Å². The lowest BCUT2D eigenvalue weighted by Gasteiger charge is -2.54. The van der Waals surface area contributed by atoms with Gasteiger partial charge in [0.2, 0.25) is 5.91 Å². The lowest BCUT2D eigenvalue weighted by molar-refractivity contribution is -0.122. The Kier molecular flexibility index (Phi) is 4.64. The summed E-state index contributed by atoms with van der Waals surface area (Å²) in [4.78, 5) is 12.6. The maximum absolute atomic E-state index is 12.6. The fourth-order valence-electron chi connectivity index (χ4n) is 5.64. The Bertz CT molecular complexity index is 826. The molecule has 4 bridgehead atoms. The first-order chi connectivity index (χ1) is 13.2. The van der Waals surface area contributed by atoms with Crippen molar-refractivity contribution in [2.75, 3.05) is 5.75 Å². The number of nitrogens with zero attached hydrogens (tertiary/aromatic N) is 3. The fraction of sp³-hybridized carbons (Fsp3) is 0.550. The van der Waals surface area contributed by atoms with Gasteiger partial charge in [-0.25, -0.2) is 0 Å². The molecule has 142 valence electrons. The average Bonchev–Trinajstić information content (AvgIpc) is 3.11. The smallest absolute Gasteiger partial charge is 0.230 e. The van der Waals surface area contributed by atoms with Gasteiger partial charge >= 0.3 is 0 Å². The molecule has 4 fully saturated rings. The molecule has 4 saturated carbocycles. The maximum Gasteiger partial charge on any atom is 0.230 e. The minimum Gasteiger partial charge on any atom is -0.352 e. The van der Waals surface area contributed by atoms with Gasteiger partial charge in [-0.3, -0.25) is 9.36 Å². The zero-order valence-corrected chi connectivity index (χ0v) is 16.6. The van der Waals surface area contributed by atoms with Gasteiger partial charge in [-0.2, -0.15) is 0 Å². The van der Waals surface area contributed by atoms with E-state index in [1.807, 2.05) is 28.8 Å². The van der Waals surface area contributed by atoms with Crippen LogP contribution in [0.15, 0.2) is 35.7 Å². The standard InChI is InChI=1S/C20H23ClN4OS/c21-16-2-1-3-17(9-16)25-11-22-24-20(25)27-10-18(26)23-19-14-5-12-4-13(7-14)8-15(19)6-12/h1-3,9,11-15,19H,4-8,10H2,(H,23,26). The summed E-state index contributed by atoms with van der Waals surface area (Å²) >= 11 is 7.51. The molecule has 1 heterocycles. The van der Waals surface area contributed by atoms with Crippen LogP contribution in [0.2, 0.25) is 5.02 Å². The minimum atomic E-state index is 0.109. The summed E-state index contributed by atoms with van der Waals surface area (Å²) in [6, 6.07) is 7.93. The van der Waals surface area contributed by atoms with Crippen LogP contribution in [0.1, 0.15) is 32.1 Å². The molecule has 0 spiro atoms. The SMILES string of the molecule is O=C(CSc1nncn1-c1cccc(Cl)c1)NC1C2CC3CC(C2)CC1C3. The van der Waals surface area contributed by atoms with Crippen LogP contribution in [0.4, 0.5) is 0 Å². The predicted octanol–water partition coefficient (Wildman–Crippen LogP) is 3.95. The van der Waals surface area contributed by atoms with Gasteiger partial charge in [-0.05, 0) is 74.0 Å². The largest absolute Gasteiger partial charge is 0.352 e. The van der Waals surface area contributed by atoms with Gasteiger partial charge in [-0.15, -0.1) is 10.2 Å². The zero-order valence-electron chi connectivity index (χ0n) is 15.1. The number of carbonyl (C=O) groups is 1. The molecule has 1 aromatic carbocycles. The molecule has 27 heavy (non-hydrogen) atoms. The maximum atomic E-state index is 12.6. The van der Waals surface area contributed by atoms with Gasteiger partial charge in [0.25, 0.3) is 0 Å². The predicted molar refractivity (Wildman–Crippen MR) is 106 cm³/mol. The Balaban J connectivity index is 1.21. The highest BCUT2D eigenvalue weighted by Crippen LogP contribution is 2.53. The summed E-state index contributed by atoms with van der Waals surface area (Å²) in [6.07, 6.45) is 8.34. The number of hydrogen-bond acceptors (Lipinski definition) is 4. The molecular weight excluding hydrogens is 380 g/mol. The van der Waals surface area contributed by atoms with E-state index in [0.29, 0.717) is 33.8 Å². The molecular formula is C20H23ClN4OS. The summed E-state index contributed by atoms with van der Waals surface area (Å²) < 4.78 is 1.87. The molecule has 5 nitrogen and oxygen atoms in total. The van der Waals surface area contributed by atoms with Crippen molar-refractivity contribution in [2.24, 2.45) is 23.7 Å². The summed E-state index contributed by atoms with van der Waals surface area (Å²) in [6.45, 7) is 0. The number of carbonyl (C=O) groups excluding carboxylic acids is 1. The number of rotatable bonds is 5. The second-order valence-corrected chi connectivity index (χ2v) is 9.66. The van der Waals surface area contributed by atoms with E-state index in [-0.39, 0.29) is 5.91 Å². The molecule has 4 aliphatic carbocycles. The van der Waals surface area contributed by atoms with Gasteiger partial charge in [-0.1, -0.05) is 29.4 Å². The van der Waals surface area contributed by atoms with Crippen LogP contribution in [0.3, 0.4) is 0 Å². The van der Waals surface area contributed by atoms with E-state index in [1.54, 1.807) is 6.33 Å². The Morgan fingerprint density at radius 2 is 1.93 bits per heavy atom. The van der Waals surface area contributed by atoms with Gasteiger partial charge in [0, 0.05) is 11.1 Å². The van der Waals surface area contributed by atoms with Crippen LogP contribution >= 0.6 is 23.4 Å². The quantitative estimate of drug-likeness (QED) is 0.769. The molecule has 7 heteroatoms. The Morgan fingerprint density at radius 1 is 1.19 bits per heavy atom. The second kappa shape index (κ2) is 7.13.